The summed E-state index contributed by atoms with van der Waals surface area (Å²) in [5.41, 5.74) is -0.458. The van der Waals surface area contributed by atoms with Gasteiger partial charge in [-0.3, -0.25) is 9.89 Å². The summed E-state index contributed by atoms with van der Waals surface area (Å²) in [6, 6.07) is 0.816. The predicted octanol–water partition coefficient (Wildman–Crippen LogP) is 1.64. The molecule has 0 aliphatic carbocycles. The van der Waals surface area contributed by atoms with Crippen molar-refractivity contribution in [3.8, 4) is 0 Å². The minimum Gasteiger partial charge on any atom is -0.444 e. The summed E-state index contributed by atoms with van der Waals surface area (Å²) in [7, 11) is 0. The Kier molecular flexibility index (Phi) is 8.62. The number of ether oxygens (including phenoxy) is 2. The van der Waals surface area contributed by atoms with Crippen molar-refractivity contribution in [2.75, 3.05) is 45.9 Å². The lowest BCUT2D eigenvalue weighted by Crippen LogP contribution is -2.63. The van der Waals surface area contributed by atoms with E-state index < -0.39 is 5.60 Å². The van der Waals surface area contributed by atoms with E-state index in [-0.39, 0.29) is 42.2 Å². The molecule has 0 aromatic heterocycles. The molecule has 0 radical (unpaired) electrons. The molecule has 0 bridgehead atoms. The summed E-state index contributed by atoms with van der Waals surface area (Å²) in [6.07, 6.45) is 2.45. The van der Waals surface area contributed by atoms with Gasteiger partial charge in [0.15, 0.2) is 5.96 Å². The van der Waals surface area contributed by atoms with E-state index in [2.05, 4.69) is 22.5 Å². The minimum absolute atomic E-state index is 0. The summed E-state index contributed by atoms with van der Waals surface area (Å²) in [6.45, 7) is 13.4. The highest BCUT2D eigenvalue weighted by atomic mass is 127. The van der Waals surface area contributed by atoms with Gasteiger partial charge in [-0.2, -0.15) is 0 Å². The molecule has 3 aliphatic rings. The number of aliphatic imine (C=N–C) groups is 1. The van der Waals surface area contributed by atoms with Crippen LogP contribution in [0.15, 0.2) is 4.99 Å². The molecule has 3 aliphatic heterocycles. The molecule has 0 saturated carbocycles. The van der Waals surface area contributed by atoms with Crippen LogP contribution in [0.3, 0.4) is 0 Å². The maximum atomic E-state index is 12.0. The van der Waals surface area contributed by atoms with Crippen LogP contribution in [0, 0.1) is 0 Å². The number of rotatable bonds is 4. The molecule has 2 N–H and O–H groups in total. The zero-order valence-electron chi connectivity index (χ0n) is 17.6. The van der Waals surface area contributed by atoms with E-state index >= 15 is 0 Å². The standard InChI is InChI=1S/C19H35N5O3.HI/c1-5-20-17(21-9-16-12-23-8-6-7-15(23)13-26-16)22-14-10-24(11-14)18(25)27-19(2,3)4;/h14-16H,5-13H2,1-4H3,(H2,20,21,22);1H. The second-order valence-corrected chi connectivity index (χ2v) is 8.69. The van der Waals surface area contributed by atoms with E-state index in [9.17, 15) is 4.79 Å². The maximum Gasteiger partial charge on any atom is 0.410 e. The summed E-state index contributed by atoms with van der Waals surface area (Å²) in [4.78, 5) is 21.0. The molecular weight excluding hydrogens is 473 g/mol. The van der Waals surface area contributed by atoms with Crippen molar-refractivity contribution in [1.82, 2.24) is 20.4 Å². The van der Waals surface area contributed by atoms with Crippen LogP contribution in [0.4, 0.5) is 4.79 Å². The van der Waals surface area contributed by atoms with Crippen molar-refractivity contribution in [1.29, 1.82) is 0 Å². The molecule has 9 heteroatoms. The highest BCUT2D eigenvalue weighted by molar-refractivity contribution is 14.0. The molecule has 3 saturated heterocycles. The number of carbonyl (C=O) groups excluding carboxylic acids is 1. The molecule has 1 amide bonds. The van der Waals surface area contributed by atoms with Crippen molar-refractivity contribution in [2.45, 2.75) is 64.3 Å². The van der Waals surface area contributed by atoms with Gasteiger partial charge in [0, 0.05) is 32.2 Å². The summed E-state index contributed by atoms with van der Waals surface area (Å²) >= 11 is 0. The second kappa shape index (κ2) is 10.3. The van der Waals surface area contributed by atoms with Gasteiger partial charge in [-0.15, -0.1) is 24.0 Å². The van der Waals surface area contributed by atoms with Crippen LogP contribution in [0.1, 0.15) is 40.5 Å². The van der Waals surface area contributed by atoms with Crippen molar-refractivity contribution >= 4 is 36.0 Å². The number of morpholine rings is 1. The fraction of sp³-hybridized carbons (Fsp3) is 0.895. The monoisotopic (exact) mass is 509 g/mol. The molecule has 0 aromatic rings. The first-order valence-electron chi connectivity index (χ1n) is 10.2. The highest BCUT2D eigenvalue weighted by Gasteiger charge is 2.35. The average Bonchev–Trinajstić information content (AvgIpc) is 3.01. The van der Waals surface area contributed by atoms with E-state index in [1.54, 1.807) is 4.90 Å². The van der Waals surface area contributed by atoms with Crippen LogP contribution in [0.25, 0.3) is 0 Å². The second-order valence-electron chi connectivity index (χ2n) is 8.69. The van der Waals surface area contributed by atoms with Crippen LogP contribution in [-0.4, -0.2) is 91.5 Å². The van der Waals surface area contributed by atoms with Gasteiger partial charge >= 0.3 is 6.09 Å². The van der Waals surface area contributed by atoms with Gasteiger partial charge in [-0.05, 0) is 47.1 Å². The molecule has 3 heterocycles. The van der Waals surface area contributed by atoms with Crippen molar-refractivity contribution in [3.05, 3.63) is 0 Å². The number of fused-ring (bicyclic) bond motifs is 1. The fourth-order valence-electron chi connectivity index (χ4n) is 3.75. The minimum atomic E-state index is -0.458. The maximum absolute atomic E-state index is 12.0. The van der Waals surface area contributed by atoms with Crippen LogP contribution in [0.5, 0.6) is 0 Å². The van der Waals surface area contributed by atoms with E-state index in [1.165, 1.54) is 19.4 Å². The average molecular weight is 509 g/mol. The molecule has 2 unspecified atom stereocenters. The van der Waals surface area contributed by atoms with Crippen LogP contribution < -0.4 is 10.6 Å². The fourth-order valence-corrected chi connectivity index (χ4v) is 3.75. The largest absolute Gasteiger partial charge is 0.444 e. The predicted molar refractivity (Wildman–Crippen MR) is 120 cm³/mol. The van der Waals surface area contributed by atoms with Gasteiger partial charge in [-0.1, -0.05) is 0 Å². The van der Waals surface area contributed by atoms with E-state index in [0.717, 1.165) is 25.7 Å². The first kappa shape index (κ1) is 23.5. The van der Waals surface area contributed by atoms with Gasteiger partial charge in [0.2, 0.25) is 0 Å². The number of likely N-dealkylation sites (tertiary alicyclic amines) is 1. The Labute approximate surface area is 185 Å². The molecule has 162 valence electrons. The first-order chi connectivity index (χ1) is 12.8. The first-order valence-corrected chi connectivity index (χ1v) is 10.2. The molecule has 8 nitrogen and oxygen atoms in total. The van der Waals surface area contributed by atoms with Crippen LogP contribution in [-0.2, 0) is 9.47 Å². The zero-order chi connectivity index (χ0) is 19.4. The molecule has 3 fully saturated rings. The summed E-state index contributed by atoms with van der Waals surface area (Å²) in [5, 5.41) is 6.69. The number of nitrogens with one attached hydrogen (secondary N) is 2. The zero-order valence-corrected chi connectivity index (χ0v) is 19.9. The van der Waals surface area contributed by atoms with Gasteiger partial charge in [0.1, 0.15) is 5.60 Å². The van der Waals surface area contributed by atoms with Crippen LogP contribution in [0.2, 0.25) is 0 Å². The Bertz CT molecular complexity index is 548. The lowest BCUT2D eigenvalue weighted by molar-refractivity contribution is -0.0432. The van der Waals surface area contributed by atoms with Gasteiger partial charge < -0.3 is 25.0 Å². The number of amides is 1. The Balaban J connectivity index is 0.00000280. The lowest BCUT2D eigenvalue weighted by atomic mass is 10.1. The Hall–Kier alpha value is -0.810. The molecular formula is C19H36IN5O3. The number of hydrogen-bond acceptors (Lipinski definition) is 5. The summed E-state index contributed by atoms with van der Waals surface area (Å²) < 4.78 is 11.4. The lowest BCUT2D eigenvalue weighted by Gasteiger charge is -2.40. The third kappa shape index (κ3) is 6.62. The van der Waals surface area contributed by atoms with Crippen LogP contribution >= 0.6 is 24.0 Å². The molecule has 0 spiro atoms. The van der Waals surface area contributed by atoms with Gasteiger partial charge in [0.05, 0.1) is 25.3 Å². The van der Waals surface area contributed by atoms with Crippen molar-refractivity contribution in [2.24, 2.45) is 4.99 Å². The third-order valence-corrected chi connectivity index (χ3v) is 5.13. The smallest absolute Gasteiger partial charge is 0.410 e. The topological polar surface area (TPSA) is 78.4 Å². The number of halogens is 1. The summed E-state index contributed by atoms with van der Waals surface area (Å²) in [5.74, 6) is 0.790. The van der Waals surface area contributed by atoms with Gasteiger partial charge in [-0.25, -0.2) is 4.79 Å². The van der Waals surface area contributed by atoms with E-state index in [0.29, 0.717) is 25.7 Å². The Morgan fingerprint density at radius 1 is 1.29 bits per heavy atom. The number of nitrogens with zero attached hydrogens (tertiary/aromatic N) is 3. The van der Waals surface area contributed by atoms with Crippen molar-refractivity contribution < 1.29 is 14.3 Å². The Morgan fingerprint density at radius 3 is 2.71 bits per heavy atom. The molecule has 3 rings (SSSR count). The third-order valence-electron chi connectivity index (χ3n) is 5.13. The Morgan fingerprint density at radius 2 is 2.04 bits per heavy atom. The normalized spacial score (nSPS) is 26.1. The quantitative estimate of drug-likeness (QED) is 0.341. The molecule has 0 aromatic carbocycles. The van der Waals surface area contributed by atoms with E-state index in [1.807, 2.05) is 20.8 Å². The van der Waals surface area contributed by atoms with E-state index in [4.69, 9.17) is 14.5 Å². The number of hydrogen-bond donors (Lipinski definition) is 2. The van der Waals surface area contributed by atoms with Gasteiger partial charge in [0.25, 0.3) is 0 Å². The number of carbonyl (C=O) groups is 1. The SMILES string of the molecule is CCNC(=NCC1CN2CCCC2CO1)NC1CN(C(=O)OC(C)(C)C)C1.I. The van der Waals surface area contributed by atoms with Crippen molar-refractivity contribution in [3.63, 3.8) is 0 Å². The number of guanidine groups is 1. The molecule has 28 heavy (non-hydrogen) atoms. The molecule has 2 atom stereocenters. The highest BCUT2D eigenvalue weighted by Crippen LogP contribution is 2.22.